The summed E-state index contributed by atoms with van der Waals surface area (Å²) in [5.41, 5.74) is -0.637. The van der Waals surface area contributed by atoms with Gasteiger partial charge >= 0.3 is 0 Å². The van der Waals surface area contributed by atoms with Crippen LogP contribution in [-0.4, -0.2) is 32.5 Å². The Balaban J connectivity index is 2.37. The van der Waals surface area contributed by atoms with Crippen molar-refractivity contribution < 1.29 is 24.1 Å². The second-order valence-corrected chi connectivity index (χ2v) is 4.34. The first kappa shape index (κ1) is 13.5. The van der Waals surface area contributed by atoms with E-state index < -0.39 is 5.60 Å². The predicted octanol–water partition coefficient (Wildman–Crippen LogP) is 1.80. The topological polar surface area (TPSA) is 57.2 Å². The number of hydrogen-bond donors (Lipinski definition) is 1. The Morgan fingerprint density at radius 2 is 1.89 bits per heavy atom. The maximum Gasteiger partial charge on any atom is 0.166 e. The number of hydrogen-bond acceptors (Lipinski definition) is 5. The normalized spacial score (nSPS) is 17.6. The van der Waals surface area contributed by atoms with E-state index in [9.17, 15) is 5.11 Å². The Morgan fingerprint density at radius 3 is 2.47 bits per heavy atom. The van der Waals surface area contributed by atoms with E-state index in [0.717, 1.165) is 0 Å². The molecule has 0 saturated heterocycles. The Labute approximate surface area is 112 Å². The number of rotatable bonds is 4. The fourth-order valence-corrected chi connectivity index (χ4v) is 1.90. The lowest BCUT2D eigenvalue weighted by Crippen LogP contribution is -2.28. The average molecular weight is 266 g/mol. The highest BCUT2D eigenvalue weighted by molar-refractivity contribution is 5.46. The molecule has 104 valence electrons. The van der Waals surface area contributed by atoms with Crippen molar-refractivity contribution in [1.29, 1.82) is 0 Å². The minimum absolute atomic E-state index is 0.381. The highest BCUT2D eigenvalue weighted by Gasteiger charge is 2.32. The molecule has 1 aliphatic rings. The van der Waals surface area contributed by atoms with Gasteiger partial charge in [-0.15, -0.1) is 0 Å². The van der Waals surface area contributed by atoms with Gasteiger partial charge in [-0.1, -0.05) is 6.07 Å². The number of benzene rings is 1. The van der Waals surface area contributed by atoms with E-state index >= 15 is 0 Å². The number of aliphatic hydroxyl groups is 1. The molecule has 0 bridgehead atoms. The Bertz CT molecular complexity index is 479. The molecule has 1 heterocycles. The molecular formula is C14H18O5. The van der Waals surface area contributed by atoms with E-state index in [1.54, 1.807) is 39.3 Å². The molecule has 1 N–H and O–H groups in total. The van der Waals surface area contributed by atoms with Gasteiger partial charge in [0, 0.05) is 0 Å². The van der Waals surface area contributed by atoms with Crippen molar-refractivity contribution in [3.63, 3.8) is 0 Å². The van der Waals surface area contributed by atoms with E-state index in [1.807, 2.05) is 0 Å². The Morgan fingerprint density at radius 1 is 1.16 bits per heavy atom. The van der Waals surface area contributed by atoms with Crippen LogP contribution in [0.4, 0.5) is 0 Å². The fourth-order valence-electron chi connectivity index (χ4n) is 1.90. The lowest BCUT2D eigenvalue weighted by molar-refractivity contribution is -0.0162. The zero-order valence-electron chi connectivity index (χ0n) is 11.3. The van der Waals surface area contributed by atoms with Gasteiger partial charge < -0.3 is 24.1 Å². The molecular weight excluding hydrogens is 248 g/mol. The summed E-state index contributed by atoms with van der Waals surface area (Å²) in [6, 6.07) is 5.23. The van der Waals surface area contributed by atoms with Crippen LogP contribution in [-0.2, 0) is 15.1 Å². The van der Waals surface area contributed by atoms with Crippen LogP contribution in [0, 0.1) is 0 Å². The first-order valence-electron chi connectivity index (χ1n) is 5.99. The molecule has 1 aromatic carbocycles. The molecule has 2 rings (SSSR count). The van der Waals surface area contributed by atoms with E-state index in [0.29, 0.717) is 36.0 Å². The molecule has 1 atom stereocenters. The van der Waals surface area contributed by atoms with Crippen molar-refractivity contribution in [2.45, 2.75) is 12.5 Å². The summed E-state index contributed by atoms with van der Waals surface area (Å²) in [5.74, 6) is 1.54. The van der Waals surface area contributed by atoms with Crippen molar-refractivity contribution in [2.75, 3.05) is 27.4 Å². The molecule has 0 spiro atoms. The fraction of sp³-hybridized carbons (Fsp3) is 0.429. The van der Waals surface area contributed by atoms with Crippen LogP contribution in [0.3, 0.4) is 0 Å². The van der Waals surface area contributed by atoms with Gasteiger partial charge in [-0.3, -0.25) is 0 Å². The molecule has 0 amide bonds. The van der Waals surface area contributed by atoms with Crippen LogP contribution < -0.4 is 9.47 Å². The molecule has 5 nitrogen and oxygen atoms in total. The second kappa shape index (κ2) is 5.40. The van der Waals surface area contributed by atoms with E-state index in [-0.39, 0.29) is 0 Å². The number of methoxy groups -OCH3 is 2. The molecule has 0 aliphatic carbocycles. The van der Waals surface area contributed by atoms with Crippen molar-refractivity contribution in [1.82, 2.24) is 0 Å². The Kier molecular flexibility index (Phi) is 3.85. The van der Waals surface area contributed by atoms with E-state index in [2.05, 4.69) is 0 Å². The Hall–Kier alpha value is -1.88. The zero-order chi connectivity index (χ0) is 13.9. The van der Waals surface area contributed by atoms with Gasteiger partial charge in [-0.2, -0.15) is 0 Å². The first-order valence-corrected chi connectivity index (χ1v) is 5.99. The maximum atomic E-state index is 10.6. The molecule has 5 heteroatoms. The molecule has 0 fully saturated rings. The van der Waals surface area contributed by atoms with Gasteiger partial charge in [0.1, 0.15) is 25.1 Å². The van der Waals surface area contributed by atoms with Gasteiger partial charge in [0.15, 0.2) is 17.3 Å². The van der Waals surface area contributed by atoms with Gasteiger partial charge in [0.05, 0.1) is 14.2 Å². The SMILES string of the molecule is COc1ccc(C(C)(O)C2=COCCO2)cc1OC. The summed E-state index contributed by atoms with van der Waals surface area (Å²) in [7, 11) is 3.12. The maximum absolute atomic E-state index is 10.6. The summed E-state index contributed by atoms with van der Waals surface area (Å²) in [4.78, 5) is 0. The molecule has 19 heavy (non-hydrogen) atoms. The van der Waals surface area contributed by atoms with Crippen molar-refractivity contribution in [2.24, 2.45) is 0 Å². The average Bonchev–Trinajstić information content (AvgIpc) is 2.47. The highest BCUT2D eigenvalue weighted by atomic mass is 16.6. The van der Waals surface area contributed by atoms with E-state index in [1.165, 1.54) is 6.26 Å². The standard InChI is InChI=1S/C14H18O5/c1-14(15,13-9-18-6-7-19-13)10-4-5-11(16-2)12(8-10)17-3/h4-5,8-9,15H,6-7H2,1-3H3. The van der Waals surface area contributed by atoms with Crippen molar-refractivity contribution >= 4 is 0 Å². The van der Waals surface area contributed by atoms with Crippen LogP contribution in [0.15, 0.2) is 30.2 Å². The van der Waals surface area contributed by atoms with Crippen LogP contribution in [0.2, 0.25) is 0 Å². The lowest BCUT2D eigenvalue weighted by Gasteiger charge is -2.29. The molecule has 1 unspecified atom stereocenters. The molecule has 0 radical (unpaired) electrons. The summed E-state index contributed by atoms with van der Waals surface area (Å²) in [6.45, 7) is 2.57. The molecule has 0 aromatic heterocycles. The van der Waals surface area contributed by atoms with Crippen LogP contribution in [0.25, 0.3) is 0 Å². The van der Waals surface area contributed by atoms with Crippen LogP contribution >= 0.6 is 0 Å². The van der Waals surface area contributed by atoms with E-state index in [4.69, 9.17) is 18.9 Å². The lowest BCUT2D eigenvalue weighted by atomic mass is 9.93. The van der Waals surface area contributed by atoms with Crippen LogP contribution in [0.1, 0.15) is 12.5 Å². The monoisotopic (exact) mass is 266 g/mol. The summed E-state index contributed by atoms with van der Waals surface area (Å²) < 4.78 is 21.0. The minimum atomic E-state index is -1.28. The third kappa shape index (κ3) is 2.61. The smallest absolute Gasteiger partial charge is 0.166 e. The third-order valence-electron chi connectivity index (χ3n) is 3.07. The molecule has 1 aromatic rings. The summed E-state index contributed by atoms with van der Waals surface area (Å²) in [6.07, 6.45) is 1.44. The third-order valence-corrected chi connectivity index (χ3v) is 3.07. The van der Waals surface area contributed by atoms with Crippen molar-refractivity contribution in [3.05, 3.63) is 35.8 Å². The van der Waals surface area contributed by atoms with Gasteiger partial charge in [0.25, 0.3) is 0 Å². The second-order valence-electron chi connectivity index (χ2n) is 4.34. The molecule has 1 aliphatic heterocycles. The zero-order valence-corrected chi connectivity index (χ0v) is 11.3. The number of ether oxygens (including phenoxy) is 4. The largest absolute Gasteiger partial charge is 0.494 e. The first-order chi connectivity index (χ1) is 9.09. The summed E-state index contributed by atoms with van der Waals surface area (Å²) >= 11 is 0. The van der Waals surface area contributed by atoms with Crippen LogP contribution in [0.5, 0.6) is 11.5 Å². The summed E-state index contributed by atoms with van der Waals surface area (Å²) in [5, 5.41) is 10.6. The highest BCUT2D eigenvalue weighted by Crippen LogP contribution is 2.36. The van der Waals surface area contributed by atoms with Gasteiger partial charge in [-0.05, 0) is 24.6 Å². The van der Waals surface area contributed by atoms with Gasteiger partial charge in [-0.25, -0.2) is 0 Å². The minimum Gasteiger partial charge on any atom is -0.494 e. The van der Waals surface area contributed by atoms with Gasteiger partial charge in [0.2, 0.25) is 0 Å². The predicted molar refractivity (Wildman–Crippen MR) is 69.1 cm³/mol. The quantitative estimate of drug-likeness (QED) is 0.900. The molecule has 0 saturated carbocycles. The van der Waals surface area contributed by atoms with Crippen molar-refractivity contribution in [3.8, 4) is 11.5 Å².